The number of H-pyrrole nitrogens is 1. The SMILES string of the molecule is CNc1ncc(F)c(NCc2csc(=O)[nH]2)n1. The minimum Gasteiger partial charge on any atom is -0.362 e. The van der Waals surface area contributed by atoms with Gasteiger partial charge in [0.25, 0.3) is 0 Å². The average molecular weight is 255 g/mol. The Balaban J connectivity index is 2.10. The van der Waals surface area contributed by atoms with Crippen molar-refractivity contribution in [3.63, 3.8) is 0 Å². The van der Waals surface area contributed by atoms with Crippen molar-refractivity contribution in [3.05, 3.63) is 32.8 Å². The van der Waals surface area contributed by atoms with Crippen LogP contribution < -0.4 is 15.5 Å². The number of halogens is 1. The van der Waals surface area contributed by atoms with Gasteiger partial charge in [-0.2, -0.15) is 4.98 Å². The molecule has 0 aliphatic rings. The molecule has 0 aliphatic heterocycles. The third kappa shape index (κ3) is 2.78. The van der Waals surface area contributed by atoms with Crippen LogP contribution in [0.1, 0.15) is 5.69 Å². The Labute approximate surface area is 99.9 Å². The zero-order valence-corrected chi connectivity index (χ0v) is 9.77. The van der Waals surface area contributed by atoms with Gasteiger partial charge in [-0.15, -0.1) is 0 Å². The number of hydrogen-bond donors (Lipinski definition) is 3. The van der Waals surface area contributed by atoms with Crippen molar-refractivity contribution in [1.82, 2.24) is 15.0 Å². The van der Waals surface area contributed by atoms with Crippen LogP contribution in [0.25, 0.3) is 0 Å². The smallest absolute Gasteiger partial charge is 0.304 e. The predicted molar refractivity (Wildman–Crippen MR) is 63.8 cm³/mol. The molecular formula is C9H10FN5OS. The van der Waals surface area contributed by atoms with Crippen LogP contribution in [0, 0.1) is 5.82 Å². The first-order valence-electron chi connectivity index (χ1n) is 4.80. The predicted octanol–water partition coefficient (Wildman–Crippen LogP) is 1.02. The molecule has 6 nitrogen and oxygen atoms in total. The summed E-state index contributed by atoms with van der Waals surface area (Å²) in [6, 6.07) is 0. The first-order chi connectivity index (χ1) is 8.19. The van der Waals surface area contributed by atoms with E-state index >= 15 is 0 Å². The van der Waals surface area contributed by atoms with Crippen molar-refractivity contribution < 1.29 is 4.39 Å². The van der Waals surface area contributed by atoms with Gasteiger partial charge in [0.05, 0.1) is 12.7 Å². The van der Waals surface area contributed by atoms with Crippen LogP contribution in [0.5, 0.6) is 0 Å². The molecule has 0 unspecified atom stereocenters. The van der Waals surface area contributed by atoms with Crippen LogP contribution in [0.4, 0.5) is 16.2 Å². The molecule has 0 amide bonds. The number of anilines is 2. The van der Waals surface area contributed by atoms with E-state index in [1.807, 2.05) is 0 Å². The lowest BCUT2D eigenvalue weighted by atomic mass is 10.4. The highest BCUT2D eigenvalue weighted by atomic mass is 32.1. The highest BCUT2D eigenvalue weighted by molar-refractivity contribution is 7.07. The molecule has 0 saturated heterocycles. The van der Waals surface area contributed by atoms with Crippen molar-refractivity contribution in [2.75, 3.05) is 17.7 Å². The van der Waals surface area contributed by atoms with Crippen LogP contribution in [0.2, 0.25) is 0 Å². The van der Waals surface area contributed by atoms with Crippen molar-refractivity contribution in [3.8, 4) is 0 Å². The first-order valence-corrected chi connectivity index (χ1v) is 5.68. The van der Waals surface area contributed by atoms with E-state index in [1.54, 1.807) is 12.4 Å². The molecule has 0 atom stereocenters. The number of aromatic nitrogens is 3. The van der Waals surface area contributed by atoms with Gasteiger partial charge in [0.15, 0.2) is 11.6 Å². The van der Waals surface area contributed by atoms with Crippen LogP contribution in [-0.4, -0.2) is 22.0 Å². The fourth-order valence-corrected chi connectivity index (χ4v) is 1.77. The molecule has 90 valence electrons. The van der Waals surface area contributed by atoms with E-state index in [0.29, 0.717) is 18.2 Å². The van der Waals surface area contributed by atoms with E-state index in [1.165, 1.54) is 0 Å². The van der Waals surface area contributed by atoms with Gasteiger partial charge in [0, 0.05) is 18.1 Å². The Morgan fingerprint density at radius 3 is 3.06 bits per heavy atom. The lowest BCUT2D eigenvalue weighted by molar-refractivity contribution is 0.617. The average Bonchev–Trinajstić information content (AvgIpc) is 2.74. The van der Waals surface area contributed by atoms with Crippen molar-refractivity contribution >= 4 is 23.1 Å². The van der Waals surface area contributed by atoms with Crippen LogP contribution >= 0.6 is 11.3 Å². The number of thiazole rings is 1. The van der Waals surface area contributed by atoms with Crippen LogP contribution in [-0.2, 0) is 6.54 Å². The number of nitrogens with one attached hydrogen (secondary N) is 3. The summed E-state index contributed by atoms with van der Waals surface area (Å²) >= 11 is 1.06. The molecule has 0 spiro atoms. The Morgan fingerprint density at radius 2 is 2.41 bits per heavy atom. The van der Waals surface area contributed by atoms with Gasteiger partial charge in [0.1, 0.15) is 0 Å². The highest BCUT2D eigenvalue weighted by Gasteiger charge is 2.06. The van der Waals surface area contributed by atoms with Crippen molar-refractivity contribution in [2.24, 2.45) is 0 Å². The molecule has 8 heteroatoms. The van der Waals surface area contributed by atoms with Gasteiger partial charge in [-0.25, -0.2) is 9.37 Å². The Kier molecular flexibility index (Phi) is 3.33. The molecule has 0 radical (unpaired) electrons. The van der Waals surface area contributed by atoms with Gasteiger partial charge < -0.3 is 15.6 Å². The minimum atomic E-state index is -0.540. The fraction of sp³-hybridized carbons (Fsp3) is 0.222. The van der Waals surface area contributed by atoms with E-state index in [-0.39, 0.29) is 10.7 Å². The standard InChI is InChI=1S/C9H10FN5OS/c1-11-8-13-3-6(10)7(15-8)12-2-5-4-17-9(16)14-5/h3-4H,2H2,1H3,(H,14,16)(H2,11,12,13,15). The third-order valence-electron chi connectivity index (χ3n) is 1.98. The number of aromatic amines is 1. The van der Waals surface area contributed by atoms with E-state index in [9.17, 15) is 9.18 Å². The third-order valence-corrected chi connectivity index (χ3v) is 2.70. The maximum atomic E-state index is 13.3. The van der Waals surface area contributed by atoms with E-state index in [2.05, 4.69) is 25.6 Å². The molecule has 0 fully saturated rings. The van der Waals surface area contributed by atoms with Crippen molar-refractivity contribution in [2.45, 2.75) is 6.54 Å². The molecule has 0 saturated carbocycles. The maximum absolute atomic E-state index is 13.3. The van der Waals surface area contributed by atoms with Gasteiger partial charge in [0.2, 0.25) is 5.95 Å². The first kappa shape index (κ1) is 11.5. The Hall–Kier alpha value is -1.96. The summed E-state index contributed by atoms with van der Waals surface area (Å²) < 4.78 is 13.3. The van der Waals surface area contributed by atoms with E-state index < -0.39 is 5.82 Å². The largest absolute Gasteiger partial charge is 0.362 e. The topological polar surface area (TPSA) is 82.7 Å². The van der Waals surface area contributed by atoms with Gasteiger partial charge in [-0.05, 0) is 0 Å². The summed E-state index contributed by atoms with van der Waals surface area (Å²) in [5, 5.41) is 7.17. The van der Waals surface area contributed by atoms with Gasteiger partial charge in [-0.1, -0.05) is 11.3 Å². The quantitative estimate of drug-likeness (QED) is 0.759. The van der Waals surface area contributed by atoms with Crippen molar-refractivity contribution in [1.29, 1.82) is 0 Å². The second kappa shape index (κ2) is 4.91. The number of rotatable bonds is 4. The maximum Gasteiger partial charge on any atom is 0.304 e. The zero-order valence-electron chi connectivity index (χ0n) is 8.95. The van der Waals surface area contributed by atoms with Gasteiger partial charge in [-0.3, -0.25) is 4.79 Å². The number of nitrogens with zero attached hydrogens (tertiary/aromatic N) is 2. The summed E-state index contributed by atoms with van der Waals surface area (Å²) in [6.07, 6.45) is 1.08. The summed E-state index contributed by atoms with van der Waals surface area (Å²) in [4.78, 5) is 21.0. The fourth-order valence-electron chi connectivity index (χ4n) is 1.19. The Morgan fingerprint density at radius 1 is 1.59 bits per heavy atom. The normalized spacial score (nSPS) is 10.2. The van der Waals surface area contributed by atoms with Gasteiger partial charge >= 0.3 is 4.87 Å². The summed E-state index contributed by atoms with van der Waals surface area (Å²) in [7, 11) is 1.65. The van der Waals surface area contributed by atoms with Crippen LogP contribution in [0.15, 0.2) is 16.4 Å². The lowest BCUT2D eigenvalue weighted by Crippen LogP contribution is -2.08. The molecule has 3 N–H and O–H groups in total. The molecule has 2 heterocycles. The van der Waals surface area contributed by atoms with E-state index in [0.717, 1.165) is 17.5 Å². The molecular weight excluding hydrogens is 245 g/mol. The molecule has 2 aromatic heterocycles. The second-order valence-corrected chi connectivity index (χ2v) is 4.01. The monoisotopic (exact) mass is 255 g/mol. The number of hydrogen-bond acceptors (Lipinski definition) is 6. The molecule has 0 aromatic carbocycles. The van der Waals surface area contributed by atoms with E-state index in [4.69, 9.17) is 0 Å². The Bertz CT molecular complexity index is 567. The molecule has 0 aliphatic carbocycles. The summed E-state index contributed by atoms with van der Waals surface area (Å²) in [5.41, 5.74) is 0.684. The molecule has 17 heavy (non-hydrogen) atoms. The zero-order chi connectivity index (χ0) is 12.3. The molecule has 2 aromatic rings. The highest BCUT2D eigenvalue weighted by Crippen LogP contribution is 2.12. The molecule has 0 bridgehead atoms. The second-order valence-electron chi connectivity index (χ2n) is 3.17. The summed E-state index contributed by atoms with van der Waals surface area (Å²) in [5.74, 6) is -0.120. The summed E-state index contributed by atoms with van der Waals surface area (Å²) in [6.45, 7) is 0.301. The minimum absolute atomic E-state index is 0.0939. The lowest BCUT2D eigenvalue weighted by Gasteiger charge is -2.06. The van der Waals surface area contributed by atoms with Crippen LogP contribution in [0.3, 0.4) is 0 Å². The molecule has 2 rings (SSSR count).